The van der Waals surface area contributed by atoms with Crippen LogP contribution in [-0.4, -0.2) is 22.1 Å². The number of H-pyrrole nitrogens is 1. The van der Waals surface area contributed by atoms with Crippen LogP contribution in [0.3, 0.4) is 0 Å². The summed E-state index contributed by atoms with van der Waals surface area (Å²) in [4.78, 5) is 19.4. The van der Waals surface area contributed by atoms with Crippen molar-refractivity contribution in [1.29, 1.82) is 0 Å². The first-order valence-corrected chi connectivity index (χ1v) is 8.54. The van der Waals surface area contributed by atoms with Crippen molar-refractivity contribution in [1.82, 2.24) is 15.3 Å². The van der Waals surface area contributed by atoms with E-state index in [4.69, 9.17) is 0 Å². The van der Waals surface area contributed by atoms with Crippen LogP contribution in [0.25, 0.3) is 11.0 Å². The fourth-order valence-corrected chi connectivity index (χ4v) is 2.99. The molecule has 6 heteroatoms. The minimum Gasteiger partial charge on any atom is -0.348 e. The quantitative estimate of drug-likeness (QED) is 0.753. The molecule has 4 nitrogen and oxygen atoms in total. The molecule has 1 heterocycles. The van der Waals surface area contributed by atoms with E-state index in [1.165, 1.54) is 12.1 Å². The first-order chi connectivity index (χ1) is 11.2. The molecule has 0 spiro atoms. The van der Waals surface area contributed by atoms with E-state index in [-0.39, 0.29) is 11.7 Å². The molecular formula is C17H16FN3OS. The van der Waals surface area contributed by atoms with E-state index in [0.717, 1.165) is 22.2 Å². The Balaban J connectivity index is 1.73. The molecule has 3 rings (SSSR count). The largest absolute Gasteiger partial charge is 0.348 e. The molecule has 0 saturated heterocycles. The van der Waals surface area contributed by atoms with E-state index in [2.05, 4.69) is 15.3 Å². The lowest BCUT2D eigenvalue weighted by Gasteiger charge is -2.10. The molecule has 0 aliphatic carbocycles. The molecule has 0 radical (unpaired) electrons. The van der Waals surface area contributed by atoms with E-state index in [0.29, 0.717) is 17.9 Å². The predicted molar refractivity (Wildman–Crippen MR) is 90.9 cm³/mol. The SMILES string of the molecule is CSCc1cc(F)ccc1CNC(=O)c1ccc2nc[nH]c2c1. The average molecular weight is 329 g/mol. The van der Waals surface area contributed by atoms with E-state index < -0.39 is 0 Å². The number of thioether (sulfide) groups is 1. The minimum atomic E-state index is -0.256. The molecule has 0 aliphatic heterocycles. The van der Waals surface area contributed by atoms with Crippen LogP contribution in [0, 0.1) is 5.82 Å². The molecule has 0 saturated carbocycles. The highest BCUT2D eigenvalue weighted by atomic mass is 32.2. The Labute approximate surface area is 137 Å². The lowest BCUT2D eigenvalue weighted by Crippen LogP contribution is -2.23. The molecule has 0 atom stereocenters. The zero-order valence-corrected chi connectivity index (χ0v) is 13.4. The highest BCUT2D eigenvalue weighted by Crippen LogP contribution is 2.17. The molecule has 2 N–H and O–H groups in total. The lowest BCUT2D eigenvalue weighted by molar-refractivity contribution is 0.0951. The molecule has 0 aliphatic rings. The van der Waals surface area contributed by atoms with Crippen LogP contribution in [0.5, 0.6) is 0 Å². The van der Waals surface area contributed by atoms with Gasteiger partial charge < -0.3 is 10.3 Å². The second-order valence-electron chi connectivity index (χ2n) is 5.16. The number of hydrogen-bond acceptors (Lipinski definition) is 3. The number of fused-ring (bicyclic) bond motifs is 1. The fourth-order valence-electron chi connectivity index (χ4n) is 2.41. The van der Waals surface area contributed by atoms with Crippen molar-refractivity contribution in [2.75, 3.05) is 6.26 Å². The number of carbonyl (C=O) groups is 1. The Morgan fingerprint density at radius 3 is 2.96 bits per heavy atom. The highest BCUT2D eigenvalue weighted by molar-refractivity contribution is 7.97. The summed E-state index contributed by atoms with van der Waals surface area (Å²) in [6.07, 6.45) is 3.56. The van der Waals surface area contributed by atoms with Gasteiger partial charge in [0.15, 0.2) is 0 Å². The Bertz CT molecular complexity index is 847. The first-order valence-electron chi connectivity index (χ1n) is 7.15. The second-order valence-corrected chi connectivity index (χ2v) is 6.03. The van der Waals surface area contributed by atoms with Crippen LogP contribution in [0.2, 0.25) is 0 Å². The van der Waals surface area contributed by atoms with Gasteiger partial charge in [-0.2, -0.15) is 11.8 Å². The van der Waals surface area contributed by atoms with Gasteiger partial charge in [0.1, 0.15) is 5.82 Å². The summed E-state index contributed by atoms with van der Waals surface area (Å²) in [5.74, 6) is 0.290. The van der Waals surface area contributed by atoms with Crippen LogP contribution in [0.15, 0.2) is 42.7 Å². The van der Waals surface area contributed by atoms with Crippen molar-refractivity contribution >= 4 is 28.7 Å². The van der Waals surface area contributed by atoms with Gasteiger partial charge in [-0.15, -0.1) is 0 Å². The molecule has 1 amide bonds. The number of rotatable bonds is 5. The number of nitrogens with one attached hydrogen (secondary N) is 2. The van der Waals surface area contributed by atoms with Gasteiger partial charge in [-0.1, -0.05) is 6.07 Å². The number of nitrogens with zero attached hydrogens (tertiary/aromatic N) is 1. The van der Waals surface area contributed by atoms with Crippen molar-refractivity contribution in [2.24, 2.45) is 0 Å². The number of aromatic amines is 1. The number of hydrogen-bond donors (Lipinski definition) is 2. The molecule has 2 aromatic carbocycles. The molecule has 1 aromatic heterocycles. The summed E-state index contributed by atoms with van der Waals surface area (Å²) in [7, 11) is 0. The van der Waals surface area contributed by atoms with Gasteiger partial charge in [-0.25, -0.2) is 9.37 Å². The minimum absolute atomic E-state index is 0.166. The third-order valence-corrected chi connectivity index (χ3v) is 4.19. The van der Waals surface area contributed by atoms with Gasteiger partial charge in [-0.05, 0) is 47.7 Å². The molecule has 0 bridgehead atoms. The van der Waals surface area contributed by atoms with Gasteiger partial charge in [0.05, 0.1) is 17.4 Å². The third-order valence-electron chi connectivity index (χ3n) is 3.59. The maximum atomic E-state index is 13.3. The normalized spacial score (nSPS) is 10.9. The number of amides is 1. The summed E-state index contributed by atoms with van der Waals surface area (Å²) >= 11 is 1.62. The number of aromatic nitrogens is 2. The maximum absolute atomic E-state index is 13.3. The molecule has 0 fully saturated rings. The zero-order chi connectivity index (χ0) is 16.2. The van der Waals surface area contributed by atoms with Crippen molar-refractivity contribution in [3.8, 4) is 0 Å². The van der Waals surface area contributed by atoms with Crippen LogP contribution in [-0.2, 0) is 12.3 Å². The smallest absolute Gasteiger partial charge is 0.251 e. The fraction of sp³-hybridized carbons (Fsp3) is 0.176. The summed E-state index contributed by atoms with van der Waals surface area (Å²) in [5, 5.41) is 2.89. The van der Waals surface area contributed by atoms with Gasteiger partial charge in [0.2, 0.25) is 0 Å². The van der Waals surface area contributed by atoms with Crippen LogP contribution in [0.4, 0.5) is 4.39 Å². The molecular weight excluding hydrogens is 313 g/mol. The first kappa shape index (κ1) is 15.6. The average Bonchev–Trinajstić information content (AvgIpc) is 3.01. The van der Waals surface area contributed by atoms with Crippen molar-refractivity contribution in [2.45, 2.75) is 12.3 Å². The maximum Gasteiger partial charge on any atom is 0.251 e. The van der Waals surface area contributed by atoms with Crippen LogP contribution in [0.1, 0.15) is 21.5 Å². The number of imidazole rings is 1. The number of halogens is 1. The third kappa shape index (κ3) is 3.53. The predicted octanol–water partition coefficient (Wildman–Crippen LogP) is 3.50. The highest BCUT2D eigenvalue weighted by Gasteiger charge is 2.09. The monoisotopic (exact) mass is 329 g/mol. The van der Waals surface area contributed by atoms with Crippen molar-refractivity contribution < 1.29 is 9.18 Å². The molecule has 23 heavy (non-hydrogen) atoms. The Kier molecular flexibility index (Phi) is 4.62. The van der Waals surface area contributed by atoms with Crippen LogP contribution >= 0.6 is 11.8 Å². The summed E-state index contributed by atoms with van der Waals surface area (Å²) in [5.41, 5.74) is 4.04. The van der Waals surface area contributed by atoms with E-state index in [9.17, 15) is 9.18 Å². The molecule has 0 unspecified atom stereocenters. The van der Waals surface area contributed by atoms with Crippen molar-refractivity contribution in [3.05, 3.63) is 65.2 Å². The molecule has 3 aromatic rings. The summed E-state index contributed by atoms with van der Waals surface area (Å²) < 4.78 is 13.3. The second kappa shape index (κ2) is 6.83. The van der Waals surface area contributed by atoms with Gasteiger partial charge in [0.25, 0.3) is 5.91 Å². The molecule has 118 valence electrons. The number of carbonyl (C=O) groups excluding carboxylic acids is 1. The van der Waals surface area contributed by atoms with E-state index in [1.54, 1.807) is 42.4 Å². The lowest BCUT2D eigenvalue weighted by atomic mass is 10.1. The Hall–Kier alpha value is -2.34. The Morgan fingerprint density at radius 1 is 1.26 bits per heavy atom. The standard InChI is InChI=1S/C17H16FN3OS/c1-23-9-13-6-14(18)4-2-12(13)8-19-17(22)11-3-5-15-16(7-11)21-10-20-15/h2-7,10H,8-9H2,1H3,(H,19,22)(H,20,21). The summed E-state index contributed by atoms with van der Waals surface area (Å²) in [6, 6.07) is 9.98. The topological polar surface area (TPSA) is 57.8 Å². The van der Waals surface area contributed by atoms with Gasteiger partial charge in [-0.3, -0.25) is 4.79 Å². The Morgan fingerprint density at radius 2 is 2.13 bits per heavy atom. The summed E-state index contributed by atoms with van der Waals surface area (Å²) in [6.45, 7) is 0.371. The van der Waals surface area contributed by atoms with E-state index >= 15 is 0 Å². The van der Waals surface area contributed by atoms with Gasteiger partial charge in [0, 0.05) is 17.9 Å². The van der Waals surface area contributed by atoms with E-state index in [1.807, 2.05) is 6.26 Å². The van der Waals surface area contributed by atoms with Crippen molar-refractivity contribution in [3.63, 3.8) is 0 Å². The van der Waals surface area contributed by atoms with Crippen LogP contribution < -0.4 is 5.32 Å². The van der Waals surface area contributed by atoms with Gasteiger partial charge >= 0.3 is 0 Å². The number of benzene rings is 2. The zero-order valence-electron chi connectivity index (χ0n) is 12.6.